The number of nitrogens with zero attached hydrogens (tertiary/aromatic N) is 2. The van der Waals surface area contributed by atoms with Gasteiger partial charge in [-0.1, -0.05) is 61.5 Å². The number of alkyl halides is 2. The lowest BCUT2D eigenvalue weighted by molar-refractivity contribution is 0.146. The maximum absolute atomic E-state index is 14.1. The summed E-state index contributed by atoms with van der Waals surface area (Å²) in [6, 6.07) is 22.8. The zero-order valence-electron chi connectivity index (χ0n) is 17.7. The Kier molecular flexibility index (Phi) is 5.93. The first-order valence-electron chi connectivity index (χ1n) is 10.2. The van der Waals surface area contributed by atoms with Crippen molar-refractivity contribution in [3.05, 3.63) is 90.1 Å². The summed E-state index contributed by atoms with van der Waals surface area (Å²) in [5, 5.41) is 4.29. The van der Waals surface area contributed by atoms with Crippen LogP contribution in [0.15, 0.2) is 83.8 Å². The Morgan fingerprint density at radius 3 is 2.00 bits per heavy atom. The summed E-state index contributed by atoms with van der Waals surface area (Å²) in [7, 11) is -3.38. The summed E-state index contributed by atoms with van der Waals surface area (Å²) in [5.41, 5.74) is 3.45. The molecule has 0 bridgehead atoms. The number of halogens is 2. The standard InChI is InChI=1S/C25H22F2N2O2S/c1-3-17-9-11-18(12-10-17)22-23(25(26)27)28-29(20-7-5-4-6-8-20)24(22)19-13-15-21(16-14-19)32(2,30)31/h4-16,25H,3H2,1-2H3. The smallest absolute Gasteiger partial charge is 0.232 e. The molecule has 0 amide bonds. The molecule has 3 aromatic carbocycles. The van der Waals surface area contributed by atoms with Crippen LogP contribution in [0, 0.1) is 0 Å². The summed E-state index contributed by atoms with van der Waals surface area (Å²) in [4.78, 5) is 0.162. The highest BCUT2D eigenvalue weighted by Gasteiger charge is 2.27. The Hall–Kier alpha value is -3.32. The average Bonchev–Trinajstić information content (AvgIpc) is 3.20. The van der Waals surface area contributed by atoms with E-state index in [0.717, 1.165) is 18.2 Å². The van der Waals surface area contributed by atoms with Gasteiger partial charge in [-0.2, -0.15) is 5.10 Å². The van der Waals surface area contributed by atoms with Crippen LogP contribution in [0.2, 0.25) is 0 Å². The molecule has 0 fully saturated rings. The molecule has 0 saturated carbocycles. The first-order chi connectivity index (χ1) is 15.3. The second-order valence-electron chi connectivity index (χ2n) is 7.50. The fraction of sp³-hybridized carbons (Fsp3) is 0.160. The van der Waals surface area contributed by atoms with Crippen molar-refractivity contribution < 1.29 is 17.2 Å². The number of hydrogen-bond donors (Lipinski definition) is 0. The molecule has 0 aliphatic heterocycles. The van der Waals surface area contributed by atoms with Crippen molar-refractivity contribution >= 4 is 9.84 Å². The van der Waals surface area contributed by atoms with Gasteiger partial charge in [0.2, 0.25) is 0 Å². The van der Waals surface area contributed by atoms with E-state index in [-0.39, 0.29) is 10.6 Å². The SMILES string of the molecule is CCc1ccc(-c2c(C(F)F)nn(-c3ccccc3)c2-c2ccc(S(C)(=O)=O)cc2)cc1. The van der Waals surface area contributed by atoms with Crippen LogP contribution in [0.3, 0.4) is 0 Å². The summed E-state index contributed by atoms with van der Waals surface area (Å²) in [5.74, 6) is 0. The van der Waals surface area contributed by atoms with Crippen LogP contribution in [0.4, 0.5) is 8.78 Å². The number of aryl methyl sites for hydroxylation is 1. The fourth-order valence-corrected chi connectivity index (χ4v) is 4.29. The Balaban J connectivity index is 2.02. The van der Waals surface area contributed by atoms with Crippen molar-refractivity contribution in [2.45, 2.75) is 24.7 Å². The van der Waals surface area contributed by atoms with Crippen molar-refractivity contribution in [2.24, 2.45) is 0 Å². The zero-order valence-corrected chi connectivity index (χ0v) is 18.5. The van der Waals surface area contributed by atoms with Crippen molar-refractivity contribution in [1.29, 1.82) is 0 Å². The van der Waals surface area contributed by atoms with Crippen LogP contribution in [-0.4, -0.2) is 24.5 Å². The van der Waals surface area contributed by atoms with Gasteiger partial charge in [0, 0.05) is 17.4 Å². The lowest BCUT2D eigenvalue weighted by Crippen LogP contribution is -2.01. The summed E-state index contributed by atoms with van der Waals surface area (Å²) < 4.78 is 53.6. The Morgan fingerprint density at radius 2 is 1.47 bits per heavy atom. The molecular formula is C25H22F2N2O2S. The molecule has 4 aromatic rings. The van der Waals surface area contributed by atoms with Gasteiger partial charge in [0.25, 0.3) is 6.43 Å². The molecule has 0 N–H and O–H groups in total. The summed E-state index contributed by atoms with van der Waals surface area (Å²) in [6.07, 6.45) is -0.813. The van der Waals surface area contributed by atoms with E-state index in [4.69, 9.17) is 0 Å². The van der Waals surface area contributed by atoms with Gasteiger partial charge in [-0.15, -0.1) is 0 Å². The topological polar surface area (TPSA) is 52.0 Å². The second-order valence-corrected chi connectivity index (χ2v) is 9.52. The van der Waals surface area contributed by atoms with Crippen LogP contribution < -0.4 is 0 Å². The molecule has 1 aromatic heterocycles. The van der Waals surface area contributed by atoms with Gasteiger partial charge < -0.3 is 0 Å². The minimum absolute atomic E-state index is 0.162. The zero-order chi connectivity index (χ0) is 22.9. The first-order valence-corrected chi connectivity index (χ1v) is 12.0. The molecule has 1 heterocycles. The minimum Gasteiger partial charge on any atom is -0.232 e. The molecule has 32 heavy (non-hydrogen) atoms. The van der Waals surface area contributed by atoms with Crippen LogP contribution in [0.25, 0.3) is 28.1 Å². The molecule has 7 heteroatoms. The molecule has 0 spiro atoms. The second kappa shape index (κ2) is 8.67. The number of benzene rings is 3. The molecule has 0 aliphatic rings. The van der Waals surface area contributed by atoms with Gasteiger partial charge >= 0.3 is 0 Å². The number of sulfone groups is 1. The van der Waals surface area contributed by atoms with Gasteiger partial charge in [-0.25, -0.2) is 21.9 Å². The van der Waals surface area contributed by atoms with Gasteiger partial charge in [0.15, 0.2) is 9.84 Å². The third-order valence-corrected chi connectivity index (χ3v) is 6.46. The van der Waals surface area contributed by atoms with E-state index in [9.17, 15) is 17.2 Å². The molecule has 0 saturated heterocycles. The van der Waals surface area contributed by atoms with Gasteiger partial charge in [-0.05, 0) is 41.8 Å². The van der Waals surface area contributed by atoms with E-state index in [2.05, 4.69) is 5.10 Å². The molecule has 4 nitrogen and oxygen atoms in total. The molecular weight excluding hydrogens is 430 g/mol. The van der Waals surface area contributed by atoms with E-state index in [1.165, 1.54) is 16.8 Å². The van der Waals surface area contributed by atoms with Crippen molar-refractivity contribution in [3.63, 3.8) is 0 Å². The highest BCUT2D eigenvalue weighted by molar-refractivity contribution is 7.90. The van der Waals surface area contributed by atoms with E-state index < -0.39 is 16.3 Å². The lowest BCUT2D eigenvalue weighted by atomic mass is 9.97. The number of rotatable bonds is 6. The summed E-state index contributed by atoms with van der Waals surface area (Å²) in [6.45, 7) is 2.03. The predicted octanol–water partition coefficient (Wildman–Crippen LogP) is 6.11. The van der Waals surface area contributed by atoms with Crippen LogP contribution in [0.5, 0.6) is 0 Å². The van der Waals surface area contributed by atoms with Gasteiger partial charge in [0.05, 0.1) is 16.3 Å². The van der Waals surface area contributed by atoms with Crippen molar-refractivity contribution in [2.75, 3.05) is 6.26 Å². The number of hydrogen-bond acceptors (Lipinski definition) is 3. The normalized spacial score (nSPS) is 11.8. The summed E-state index contributed by atoms with van der Waals surface area (Å²) >= 11 is 0. The lowest BCUT2D eigenvalue weighted by Gasteiger charge is -2.12. The quantitative estimate of drug-likeness (QED) is 0.355. The maximum atomic E-state index is 14.1. The van der Waals surface area contributed by atoms with E-state index in [1.54, 1.807) is 24.3 Å². The van der Waals surface area contributed by atoms with Crippen LogP contribution in [0.1, 0.15) is 24.6 Å². The molecule has 164 valence electrons. The first kappa shape index (κ1) is 21.9. The highest BCUT2D eigenvalue weighted by Crippen LogP contribution is 2.40. The third kappa shape index (κ3) is 4.21. The number of para-hydroxylation sites is 1. The Bertz CT molecular complexity index is 1330. The van der Waals surface area contributed by atoms with E-state index in [0.29, 0.717) is 28.1 Å². The van der Waals surface area contributed by atoms with Crippen molar-refractivity contribution in [3.8, 4) is 28.1 Å². The third-order valence-electron chi connectivity index (χ3n) is 5.33. The molecule has 0 aliphatic carbocycles. The monoisotopic (exact) mass is 452 g/mol. The minimum atomic E-state index is -3.38. The predicted molar refractivity (Wildman–Crippen MR) is 122 cm³/mol. The Morgan fingerprint density at radius 1 is 0.875 bits per heavy atom. The fourth-order valence-electron chi connectivity index (χ4n) is 3.66. The van der Waals surface area contributed by atoms with Gasteiger partial charge in [-0.3, -0.25) is 0 Å². The van der Waals surface area contributed by atoms with Gasteiger partial charge in [0.1, 0.15) is 5.69 Å². The molecule has 0 radical (unpaired) electrons. The van der Waals surface area contributed by atoms with E-state index >= 15 is 0 Å². The average molecular weight is 453 g/mol. The van der Waals surface area contributed by atoms with Crippen LogP contribution >= 0.6 is 0 Å². The largest absolute Gasteiger partial charge is 0.282 e. The molecule has 4 rings (SSSR count). The Labute approximate surface area is 186 Å². The van der Waals surface area contributed by atoms with Crippen LogP contribution in [-0.2, 0) is 16.3 Å². The van der Waals surface area contributed by atoms with Crippen molar-refractivity contribution in [1.82, 2.24) is 9.78 Å². The maximum Gasteiger partial charge on any atom is 0.282 e. The van der Waals surface area contributed by atoms with E-state index in [1.807, 2.05) is 49.4 Å². The molecule has 0 atom stereocenters. The number of aromatic nitrogens is 2. The molecule has 0 unspecified atom stereocenters. The highest BCUT2D eigenvalue weighted by atomic mass is 32.2.